The molecule has 0 N–H and O–H groups in total. The molecule has 106 valence electrons. The van der Waals surface area contributed by atoms with Crippen LogP contribution in [-0.2, 0) is 16.0 Å². The summed E-state index contributed by atoms with van der Waals surface area (Å²) < 4.78 is 26.1. The Bertz CT molecular complexity index is 569. The first-order chi connectivity index (χ1) is 9.83. The van der Waals surface area contributed by atoms with Gasteiger partial charge in [0.1, 0.15) is 5.69 Å². The molecule has 1 unspecified atom stereocenters. The fraction of sp³-hybridized carbons (Fsp3) is 0.462. The highest BCUT2D eigenvalue weighted by molar-refractivity contribution is 5.57. The van der Waals surface area contributed by atoms with E-state index in [0.29, 0.717) is 31.0 Å². The van der Waals surface area contributed by atoms with Crippen LogP contribution in [0.15, 0.2) is 24.7 Å². The van der Waals surface area contributed by atoms with Gasteiger partial charge in [-0.15, -0.1) is 5.10 Å². The summed E-state index contributed by atoms with van der Waals surface area (Å²) in [6.07, 6.45) is 5.51. The molecule has 0 saturated carbocycles. The van der Waals surface area contributed by atoms with E-state index in [4.69, 9.17) is 9.47 Å². The van der Waals surface area contributed by atoms with E-state index >= 15 is 0 Å². The molecule has 3 heterocycles. The number of aromatic nitrogens is 4. The van der Waals surface area contributed by atoms with Crippen LogP contribution in [0.2, 0.25) is 0 Å². The Labute approximate surface area is 115 Å². The minimum absolute atomic E-state index is 0.177. The normalized spacial score (nSPS) is 18.6. The Morgan fingerprint density at radius 2 is 2.45 bits per heavy atom. The monoisotopic (exact) mass is 278 g/mol. The number of rotatable bonds is 5. The minimum Gasteiger partial charge on any atom is -0.379 e. The zero-order valence-electron chi connectivity index (χ0n) is 10.9. The topological polar surface area (TPSA) is 62.1 Å². The third-order valence-corrected chi connectivity index (χ3v) is 3.15. The molecule has 0 radical (unpaired) electrons. The number of hydrogen-bond donors (Lipinski definition) is 0. The SMILES string of the molecule is Fc1cnccc1-c1cn(CCOC2CCOC2)nn1. The van der Waals surface area contributed by atoms with Crippen molar-refractivity contribution in [2.24, 2.45) is 0 Å². The Kier molecular flexibility index (Phi) is 3.98. The maximum absolute atomic E-state index is 13.6. The van der Waals surface area contributed by atoms with Crippen LogP contribution in [0, 0.1) is 5.82 Å². The molecule has 0 spiro atoms. The first-order valence-electron chi connectivity index (χ1n) is 6.52. The predicted molar refractivity (Wildman–Crippen MR) is 68.4 cm³/mol. The van der Waals surface area contributed by atoms with Crippen LogP contribution in [0.4, 0.5) is 4.39 Å². The van der Waals surface area contributed by atoms with E-state index in [1.54, 1.807) is 16.9 Å². The fourth-order valence-corrected chi connectivity index (χ4v) is 2.07. The van der Waals surface area contributed by atoms with Crippen molar-refractivity contribution in [3.8, 4) is 11.3 Å². The largest absolute Gasteiger partial charge is 0.379 e. The van der Waals surface area contributed by atoms with Gasteiger partial charge in [0.05, 0.1) is 38.3 Å². The molecule has 1 fully saturated rings. The fourth-order valence-electron chi connectivity index (χ4n) is 2.07. The molecule has 2 aromatic heterocycles. The number of halogens is 1. The maximum Gasteiger partial charge on any atom is 0.150 e. The van der Waals surface area contributed by atoms with Gasteiger partial charge in [0.15, 0.2) is 5.82 Å². The molecule has 0 bridgehead atoms. The Morgan fingerprint density at radius 1 is 1.50 bits per heavy atom. The summed E-state index contributed by atoms with van der Waals surface area (Å²) in [4.78, 5) is 3.71. The van der Waals surface area contributed by atoms with Gasteiger partial charge in [-0.05, 0) is 12.5 Å². The first kappa shape index (κ1) is 13.1. The van der Waals surface area contributed by atoms with E-state index in [0.717, 1.165) is 19.2 Å². The van der Waals surface area contributed by atoms with Crippen LogP contribution in [0.25, 0.3) is 11.3 Å². The summed E-state index contributed by atoms with van der Waals surface area (Å²) in [6, 6.07) is 1.58. The van der Waals surface area contributed by atoms with Crippen molar-refractivity contribution in [1.29, 1.82) is 0 Å². The molecule has 20 heavy (non-hydrogen) atoms. The molecule has 1 saturated heterocycles. The summed E-state index contributed by atoms with van der Waals surface area (Å²) >= 11 is 0. The highest BCUT2D eigenvalue weighted by Crippen LogP contribution is 2.18. The predicted octanol–water partition coefficient (Wildman–Crippen LogP) is 1.28. The highest BCUT2D eigenvalue weighted by Gasteiger charge is 2.15. The lowest BCUT2D eigenvalue weighted by Crippen LogP contribution is -2.16. The second-order valence-electron chi connectivity index (χ2n) is 4.58. The Balaban J connectivity index is 1.58. The average Bonchev–Trinajstić information content (AvgIpc) is 3.11. The van der Waals surface area contributed by atoms with Crippen molar-refractivity contribution in [2.75, 3.05) is 19.8 Å². The molecule has 1 aliphatic heterocycles. The number of ether oxygens (including phenoxy) is 2. The lowest BCUT2D eigenvalue weighted by molar-refractivity contribution is 0.0369. The molecule has 3 rings (SSSR count). The molecular formula is C13H15FN4O2. The lowest BCUT2D eigenvalue weighted by atomic mass is 10.2. The third kappa shape index (κ3) is 3.00. The van der Waals surface area contributed by atoms with E-state index in [9.17, 15) is 4.39 Å². The molecule has 0 aliphatic carbocycles. The van der Waals surface area contributed by atoms with Gasteiger partial charge in [-0.2, -0.15) is 0 Å². The van der Waals surface area contributed by atoms with E-state index in [2.05, 4.69) is 15.3 Å². The summed E-state index contributed by atoms with van der Waals surface area (Å²) in [6.45, 7) is 2.54. The average molecular weight is 278 g/mol. The molecule has 1 aliphatic rings. The van der Waals surface area contributed by atoms with Crippen LogP contribution in [0.1, 0.15) is 6.42 Å². The number of nitrogens with zero attached hydrogens (tertiary/aromatic N) is 4. The van der Waals surface area contributed by atoms with Crippen LogP contribution >= 0.6 is 0 Å². The molecule has 7 heteroatoms. The van der Waals surface area contributed by atoms with Crippen molar-refractivity contribution in [1.82, 2.24) is 20.0 Å². The minimum atomic E-state index is -0.404. The van der Waals surface area contributed by atoms with Gasteiger partial charge in [-0.1, -0.05) is 5.21 Å². The summed E-state index contributed by atoms with van der Waals surface area (Å²) in [5, 5.41) is 7.93. The number of hydrogen-bond acceptors (Lipinski definition) is 5. The van der Waals surface area contributed by atoms with E-state index < -0.39 is 5.82 Å². The van der Waals surface area contributed by atoms with Crippen LogP contribution in [0.5, 0.6) is 0 Å². The van der Waals surface area contributed by atoms with Crippen molar-refractivity contribution in [2.45, 2.75) is 19.1 Å². The van der Waals surface area contributed by atoms with Gasteiger partial charge in [0.2, 0.25) is 0 Å². The van der Waals surface area contributed by atoms with Crippen LogP contribution < -0.4 is 0 Å². The molecule has 1 atom stereocenters. The highest BCUT2D eigenvalue weighted by atomic mass is 19.1. The second kappa shape index (κ2) is 6.06. The zero-order chi connectivity index (χ0) is 13.8. The van der Waals surface area contributed by atoms with E-state index in [1.165, 1.54) is 6.20 Å². The second-order valence-corrected chi connectivity index (χ2v) is 4.58. The molecule has 6 nitrogen and oxygen atoms in total. The first-order valence-corrected chi connectivity index (χ1v) is 6.52. The summed E-state index contributed by atoms with van der Waals surface area (Å²) in [7, 11) is 0. The van der Waals surface area contributed by atoms with Crippen molar-refractivity contribution in [3.05, 3.63) is 30.5 Å². The van der Waals surface area contributed by atoms with Gasteiger partial charge in [-0.3, -0.25) is 4.98 Å². The molecule has 2 aromatic rings. The van der Waals surface area contributed by atoms with Crippen LogP contribution in [0.3, 0.4) is 0 Å². The maximum atomic E-state index is 13.6. The van der Waals surface area contributed by atoms with Gasteiger partial charge in [0, 0.05) is 18.4 Å². The molecule has 0 amide bonds. The third-order valence-electron chi connectivity index (χ3n) is 3.15. The standard InChI is InChI=1S/C13H15FN4O2/c14-12-7-15-3-1-11(12)13-8-18(17-16-13)4-6-20-10-2-5-19-9-10/h1,3,7-8,10H,2,4-6,9H2. The van der Waals surface area contributed by atoms with Gasteiger partial charge < -0.3 is 9.47 Å². The van der Waals surface area contributed by atoms with E-state index in [1.807, 2.05) is 0 Å². The van der Waals surface area contributed by atoms with Crippen molar-refractivity contribution in [3.63, 3.8) is 0 Å². The van der Waals surface area contributed by atoms with Crippen LogP contribution in [-0.4, -0.2) is 45.9 Å². The van der Waals surface area contributed by atoms with E-state index in [-0.39, 0.29) is 6.10 Å². The summed E-state index contributed by atoms with van der Waals surface area (Å²) in [5.74, 6) is -0.404. The summed E-state index contributed by atoms with van der Waals surface area (Å²) in [5.41, 5.74) is 0.894. The Hall–Kier alpha value is -1.86. The van der Waals surface area contributed by atoms with Gasteiger partial charge >= 0.3 is 0 Å². The van der Waals surface area contributed by atoms with Crippen molar-refractivity contribution < 1.29 is 13.9 Å². The smallest absolute Gasteiger partial charge is 0.150 e. The van der Waals surface area contributed by atoms with Crippen molar-refractivity contribution >= 4 is 0 Å². The Morgan fingerprint density at radius 3 is 3.25 bits per heavy atom. The zero-order valence-corrected chi connectivity index (χ0v) is 10.9. The van der Waals surface area contributed by atoms with Gasteiger partial charge in [-0.25, -0.2) is 9.07 Å². The molecular weight excluding hydrogens is 263 g/mol. The quantitative estimate of drug-likeness (QED) is 0.824. The van der Waals surface area contributed by atoms with Gasteiger partial charge in [0.25, 0.3) is 0 Å². The number of pyridine rings is 1. The lowest BCUT2D eigenvalue weighted by Gasteiger charge is -2.08. The molecule has 0 aromatic carbocycles.